The number of fused-ring (bicyclic) bond motifs is 4. The maximum Gasteiger partial charge on any atom is 0.233 e. The Kier molecular flexibility index (Phi) is 7.50. The Morgan fingerprint density at radius 1 is 0.870 bits per heavy atom. The quantitative estimate of drug-likeness (QED) is 0.258. The maximum atomic E-state index is 15.0. The largest absolute Gasteiger partial charge is 0.504 e. The van der Waals surface area contributed by atoms with Crippen LogP contribution in [0.3, 0.4) is 0 Å². The molecule has 1 heterocycles. The topological polar surface area (TPSA) is 101 Å². The van der Waals surface area contributed by atoms with E-state index in [4.69, 9.17) is 4.74 Å². The first-order chi connectivity index (χ1) is 22.3. The van der Waals surface area contributed by atoms with Crippen LogP contribution in [0.15, 0.2) is 96.6 Å². The molecule has 3 aromatic carbocycles. The normalized spacial score (nSPS) is 28.7. The maximum absolute atomic E-state index is 15.0. The lowest BCUT2D eigenvalue weighted by molar-refractivity contribution is -0.140. The molecule has 0 radical (unpaired) electrons. The summed E-state index contributed by atoms with van der Waals surface area (Å²) in [5.41, 5.74) is 1.56. The van der Waals surface area contributed by atoms with Gasteiger partial charge in [-0.3, -0.25) is 24.1 Å². The van der Waals surface area contributed by atoms with Gasteiger partial charge in [0.2, 0.25) is 11.8 Å². The van der Waals surface area contributed by atoms with Crippen molar-refractivity contribution >= 4 is 29.0 Å². The number of phenols is 1. The number of hydrogen-bond donors (Lipinski definition) is 1. The number of likely N-dealkylation sites (tertiary alicyclic amines) is 1. The predicted molar refractivity (Wildman–Crippen MR) is 173 cm³/mol. The summed E-state index contributed by atoms with van der Waals surface area (Å²) in [5, 5.41) is 11.8. The predicted octanol–water partition coefficient (Wildman–Crippen LogP) is 6.03. The molecule has 6 atom stereocenters. The molecule has 0 aromatic heterocycles. The molecule has 7 rings (SSSR count). The number of allylic oxidation sites excluding steroid dienone is 4. The smallest absolute Gasteiger partial charge is 0.233 e. The lowest BCUT2D eigenvalue weighted by Crippen LogP contribution is -2.58. The summed E-state index contributed by atoms with van der Waals surface area (Å²) in [5.74, 6) is -3.84. The van der Waals surface area contributed by atoms with Crippen molar-refractivity contribution in [1.29, 1.82) is 0 Å². The highest BCUT2D eigenvalue weighted by molar-refractivity contribution is 6.31. The van der Waals surface area contributed by atoms with Crippen LogP contribution in [0.4, 0.5) is 0 Å². The molecule has 234 valence electrons. The van der Waals surface area contributed by atoms with Crippen molar-refractivity contribution in [2.45, 2.75) is 44.4 Å². The van der Waals surface area contributed by atoms with E-state index in [-0.39, 0.29) is 41.3 Å². The van der Waals surface area contributed by atoms with Crippen molar-refractivity contribution < 1.29 is 29.0 Å². The van der Waals surface area contributed by atoms with Gasteiger partial charge in [0, 0.05) is 29.5 Å². The summed E-state index contributed by atoms with van der Waals surface area (Å²) in [6, 6.07) is 23.8. The molecule has 0 spiro atoms. The number of ether oxygens (including phenoxy) is 1. The van der Waals surface area contributed by atoms with E-state index in [0.29, 0.717) is 48.3 Å². The Morgan fingerprint density at radius 3 is 2.28 bits per heavy atom. The molecular formula is C39H37NO6. The van der Waals surface area contributed by atoms with Gasteiger partial charge < -0.3 is 9.84 Å². The Labute approximate surface area is 268 Å². The second-order valence-electron chi connectivity index (χ2n) is 12.7. The van der Waals surface area contributed by atoms with E-state index in [1.165, 1.54) is 11.0 Å². The molecular weight excluding hydrogens is 578 g/mol. The van der Waals surface area contributed by atoms with Crippen LogP contribution in [-0.2, 0) is 24.6 Å². The number of phenolic OH excluding ortho intramolecular Hbond substituents is 1. The molecule has 4 aliphatic rings. The number of imide groups is 1. The Bertz CT molecular complexity index is 1790. The van der Waals surface area contributed by atoms with E-state index in [1.807, 2.05) is 80.6 Å². The van der Waals surface area contributed by atoms with E-state index in [1.54, 1.807) is 18.2 Å². The van der Waals surface area contributed by atoms with Crippen molar-refractivity contribution in [2.75, 3.05) is 13.2 Å². The van der Waals surface area contributed by atoms with Gasteiger partial charge in [0.25, 0.3) is 0 Å². The highest BCUT2D eigenvalue weighted by Gasteiger charge is 2.66. The fourth-order valence-electron chi connectivity index (χ4n) is 8.77. The van der Waals surface area contributed by atoms with Crippen molar-refractivity contribution in [3.63, 3.8) is 0 Å². The minimum atomic E-state index is -1.40. The number of carbonyl (C=O) groups is 4. The number of Topliss-reactive ketones (excluding diaryl/α,β-unsaturated/α-hetero) is 1. The molecule has 46 heavy (non-hydrogen) atoms. The van der Waals surface area contributed by atoms with Crippen LogP contribution in [0.5, 0.6) is 11.5 Å². The van der Waals surface area contributed by atoms with Gasteiger partial charge in [0.15, 0.2) is 23.1 Å². The SMILES string of the molecule is CCCN1C(=O)[C@H]2[C@H](CC=C3[C@H]2C[C@H]2C(=O)C(c4ccccc4)=CC(=O)[C@@]2(c2ccccc2)[C@H]3c2cccc(OCC)c2O)C1=O. The first-order valence-corrected chi connectivity index (χ1v) is 16.3. The number of ketones is 2. The fourth-order valence-corrected chi connectivity index (χ4v) is 8.77. The lowest BCUT2D eigenvalue weighted by Gasteiger charge is -2.55. The molecule has 1 N–H and O–H groups in total. The van der Waals surface area contributed by atoms with Crippen LogP contribution in [0.25, 0.3) is 5.57 Å². The summed E-state index contributed by atoms with van der Waals surface area (Å²) in [6.07, 6.45) is 4.74. The summed E-state index contributed by atoms with van der Waals surface area (Å²) in [4.78, 5) is 58.9. The molecule has 0 bridgehead atoms. The van der Waals surface area contributed by atoms with Gasteiger partial charge in [-0.15, -0.1) is 0 Å². The van der Waals surface area contributed by atoms with Gasteiger partial charge in [0.05, 0.1) is 23.9 Å². The van der Waals surface area contributed by atoms with Crippen molar-refractivity contribution in [3.05, 3.63) is 113 Å². The number of rotatable bonds is 7. The Balaban J connectivity index is 1.51. The van der Waals surface area contributed by atoms with Crippen LogP contribution in [0.1, 0.15) is 55.7 Å². The summed E-state index contributed by atoms with van der Waals surface area (Å²) < 4.78 is 5.80. The van der Waals surface area contributed by atoms with Crippen LogP contribution in [0, 0.1) is 23.7 Å². The average Bonchev–Trinajstić information content (AvgIpc) is 3.32. The molecule has 1 aliphatic heterocycles. The minimum Gasteiger partial charge on any atom is -0.504 e. The van der Waals surface area contributed by atoms with Crippen molar-refractivity contribution in [1.82, 2.24) is 4.90 Å². The Morgan fingerprint density at radius 2 is 1.59 bits per heavy atom. The number of amides is 2. The van der Waals surface area contributed by atoms with Gasteiger partial charge in [-0.05, 0) is 55.4 Å². The third-order valence-corrected chi connectivity index (χ3v) is 10.6. The van der Waals surface area contributed by atoms with Crippen molar-refractivity contribution in [2.24, 2.45) is 23.7 Å². The molecule has 7 heteroatoms. The van der Waals surface area contributed by atoms with Crippen LogP contribution >= 0.6 is 0 Å². The lowest BCUT2D eigenvalue weighted by atomic mass is 9.44. The van der Waals surface area contributed by atoms with Crippen molar-refractivity contribution in [3.8, 4) is 11.5 Å². The van der Waals surface area contributed by atoms with Gasteiger partial charge >= 0.3 is 0 Å². The fraction of sp³-hybridized carbons (Fsp3) is 0.333. The van der Waals surface area contributed by atoms with Gasteiger partial charge in [-0.1, -0.05) is 91.4 Å². The number of carbonyl (C=O) groups excluding carboxylic acids is 4. The minimum absolute atomic E-state index is 0.0911. The van der Waals surface area contributed by atoms with Crippen LogP contribution in [0.2, 0.25) is 0 Å². The molecule has 1 saturated heterocycles. The first-order valence-electron chi connectivity index (χ1n) is 16.3. The number of nitrogens with zero attached hydrogens (tertiary/aromatic N) is 1. The highest BCUT2D eigenvalue weighted by Crippen LogP contribution is 2.64. The van der Waals surface area contributed by atoms with Crippen LogP contribution < -0.4 is 4.74 Å². The monoisotopic (exact) mass is 615 g/mol. The second kappa shape index (κ2) is 11.5. The number of aromatic hydroxyl groups is 1. The molecule has 2 amide bonds. The molecule has 2 fully saturated rings. The molecule has 3 aliphatic carbocycles. The highest BCUT2D eigenvalue weighted by atomic mass is 16.5. The average molecular weight is 616 g/mol. The van der Waals surface area contributed by atoms with Crippen LogP contribution in [-0.4, -0.2) is 46.5 Å². The van der Waals surface area contributed by atoms with E-state index in [9.17, 15) is 19.5 Å². The third-order valence-electron chi connectivity index (χ3n) is 10.6. The summed E-state index contributed by atoms with van der Waals surface area (Å²) >= 11 is 0. The zero-order chi connectivity index (χ0) is 32.2. The third kappa shape index (κ3) is 4.24. The molecule has 0 unspecified atom stereocenters. The second-order valence-corrected chi connectivity index (χ2v) is 12.7. The number of para-hydroxylation sites is 1. The Hall–Kier alpha value is -4.78. The molecule has 1 saturated carbocycles. The van der Waals surface area contributed by atoms with E-state index in [2.05, 4.69) is 0 Å². The van der Waals surface area contributed by atoms with E-state index in [0.717, 1.165) is 5.57 Å². The first kappa shape index (κ1) is 29.9. The van der Waals surface area contributed by atoms with Gasteiger partial charge in [0.1, 0.15) is 0 Å². The number of benzene rings is 3. The number of hydrogen-bond acceptors (Lipinski definition) is 6. The van der Waals surface area contributed by atoms with Gasteiger partial charge in [-0.2, -0.15) is 0 Å². The van der Waals surface area contributed by atoms with Gasteiger partial charge in [-0.25, -0.2) is 0 Å². The summed E-state index contributed by atoms with van der Waals surface area (Å²) in [7, 11) is 0. The van der Waals surface area contributed by atoms with E-state index >= 15 is 4.79 Å². The summed E-state index contributed by atoms with van der Waals surface area (Å²) in [6.45, 7) is 4.45. The molecule has 7 nitrogen and oxygen atoms in total. The van der Waals surface area contributed by atoms with E-state index < -0.39 is 35.0 Å². The molecule has 3 aromatic rings. The standard InChI is InChI=1S/C39H37NO6/c1-3-20-40-37(44)26-19-18-25-29(33(26)38(40)45)21-30-35(42)28(23-12-7-5-8-13-23)22-32(41)39(30,24-14-9-6-10-15-24)34(25)27-16-11-17-31(36(27)43)46-4-2/h5-18,22,26,29-30,33-34,43H,3-4,19-21H2,1-2H3/t26-,29+,30-,33-,34+,39-/m0/s1. The zero-order valence-electron chi connectivity index (χ0n) is 26.0. The zero-order valence-corrected chi connectivity index (χ0v) is 26.0.